The molecule has 1 saturated heterocycles. The summed E-state index contributed by atoms with van der Waals surface area (Å²) in [5.74, 6) is 0.941. The first-order valence-corrected chi connectivity index (χ1v) is 11.3. The molecule has 0 radical (unpaired) electrons. The monoisotopic (exact) mass is 438 g/mol. The molecule has 0 saturated carbocycles. The number of piperazine rings is 1. The van der Waals surface area contributed by atoms with Gasteiger partial charge in [-0.2, -0.15) is 0 Å². The Morgan fingerprint density at radius 2 is 1.90 bits per heavy atom. The highest BCUT2D eigenvalue weighted by Gasteiger charge is 2.27. The third-order valence-electron chi connectivity index (χ3n) is 5.53. The van der Waals surface area contributed by atoms with Gasteiger partial charge in [0.1, 0.15) is 0 Å². The van der Waals surface area contributed by atoms with Crippen LogP contribution in [0.4, 0.5) is 5.69 Å². The Bertz CT molecular complexity index is 1070. The largest absolute Gasteiger partial charge is 0.420 e. The average molecular weight is 439 g/mol. The highest BCUT2D eigenvalue weighted by molar-refractivity contribution is 7.17. The first-order chi connectivity index (χ1) is 14.9. The zero-order valence-electron chi connectivity index (χ0n) is 18.0. The van der Waals surface area contributed by atoms with E-state index in [1.165, 1.54) is 29.5 Å². The number of Topliss-reactive ketones (excluding diaryl/α,β-unsaturated/α-hetero) is 1. The maximum atomic E-state index is 12.8. The summed E-state index contributed by atoms with van der Waals surface area (Å²) in [5.41, 5.74) is 2.44. The first kappa shape index (κ1) is 21.2. The normalized spacial score (nSPS) is 16.5. The SMILES string of the molecule is CC(=O)c1ccc(-c2nnc(CCC(=O)N3CCN(c4ccc(C)cc4)C[C@@H]3C)o2)s1. The summed E-state index contributed by atoms with van der Waals surface area (Å²) in [6, 6.07) is 12.2. The Morgan fingerprint density at radius 1 is 1.13 bits per heavy atom. The van der Waals surface area contributed by atoms with Crippen LogP contribution in [-0.2, 0) is 11.2 Å². The number of hydrogen-bond donors (Lipinski definition) is 0. The van der Waals surface area contributed by atoms with E-state index in [0.717, 1.165) is 18.0 Å². The molecule has 0 unspecified atom stereocenters. The third kappa shape index (κ3) is 4.85. The molecule has 1 amide bonds. The van der Waals surface area contributed by atoms with Crippen LogP contribution in [0.3, 0.4) is 0 Å². The van der Waals surface area contributed by atoms with Crippen molar-refractivity contribution in [3.05, 3.63) is 52.7 Å². The van der Waals surface area contributed by atoms with Gasteiger partial charge in [0, 0.05) is 44.2 Å². The van der Waals surface area contributed by atoms with Crippen molar-refractivity contribution in [3.63, 3.8) is 0 Å². The van der Waals surface area contributed by atoms with Crippen molar-refractivity contribution in [1.82, 2.24) is 15.1 Å². The molecule has 4 rings (SSSR count). The molecule has 1 atom stereocenters. The molecule has 3 aromatic rings. The molecule has 0 bridgehead atoms. The number of thiophene rings is 1. The lowest BCUT2D eigenvalue weighted by molar-refractivity contribution is -0.133. The Morgan fingerprint density at radius 3 is 2.58 bits per heavy atom. The van der Waals surface area contributed by atoms with Gasteiger partial charge in [-0.05, 0) is 45.0 Å². The molecule has 1 aliphatic rings. The lowest BCUT2D eigenvalue weighted by atomic mass is 10.1. The molecule has 31 heavy (non-hydrogen) atoms. The van der Waals surface area contributed by atoms with Crippen LogP contribution in [0.15, 0.2) is 40.8 Å². The maximum Gasteiger partial charge on any atom is 0.257 e. The lowest BCUT2D eigenvalue weighted by Crippen LogP contribution is -2.54. The number of benzene rings is 1. The van der Waals surface area contributed by atoms with E-state index in [1.807, 2.05) is 4.90 Å². The van der Waals surface area contributed by atoms with Crippen molar-refractivity contribution in [2.24, 2.45) is 0 Å². The summed E-state index contributed by atoms with van der Waals surface area (Å²) in [6.45, 7) is 8.04. The minimum atomic E-state index is 0.0122. The average Bonchev–Trinajstić information content (AvgIpc) is 3.42. The van der Waals surface area contributed by atoms with Gasteiger partial charge < -0.3 is 14.2 Å². The predicted octanol–water partition coefficient (Wildman–Crippen LogP) is 3.98. The second-order valence-corrected chi connectivity index (χ2v) is 9.02. The predicted molar refractivity (Wildman–Crippen MR) is 121 cm³/mol. The molecule has 2 aromatic heterocycles. The molecule has 1 fully saturated rings. The van der Waals surface area contributed by atoms with Crippen LogP contribution >= 0.6 is 11.3 Å². The minimum Gasteiger partial charge on any atom is -0.420 e. The quantitative estimate of drug-likeness (QED) is 0.542. The van der Waals surface area contributed by atoms with E-state index in [2.05, 4.69) is 53.2 Å². The molecule has 162 valence electrons. The molecular formula is C23H26N4O3S. The van der Waals surface area contributed by atoms with E-state index in [9.17, 15) is 9.59 Å². The van der Waals surface area contributed by atoms with Crippen molar-refractivity contribution in [2.75, 3.05) is 24.5 Å². The van der Waals surface area contributed by atoms with Crippen LogP contribution < -0.4 is 4.90 Å². The summed E-state index contributed by atoms with van der Waals surface area (Å²) >= 11 is 1.33. The summed E-state index contributed by atoms with van der Waals surface area (Å²) in [4.78, 5) is 30.0. The minimum absolute atomic E-state index is 0.0122. The highest BCUT2D eigenvalue weighted by Crippen LogP contribution is 2.27. The van der Waals surface area contributed by atoms with E-state index in [1.54, 1.807) is 12.1 Å². The number of hydrogen-bond acceptors (Lipinski definition) is 7. The first-order valence-electron chi connectivity index (χ1n) is 10.5. The number of anilines is 1. The van der Waals surface area contributed by atoms with Gasteiger partial charge in [0.15, 0.2) is 5.78 Å². The number of rotatable bonds is 6. The second kappa shape index (κ2) is 9.01. The number of aromatic nitrogens is 2. The number of amides is 1. The molecule has 0 aliphatic carbocycles. The molecular weight excluding hydrogens is 412 g/mol. The summed E-state index contributed by atoms with van der Waals surface area (Å²) < 4.78 is 5.71. The molecule has 0 spiro atoms. The van der Waals surface area contributed by atoms with Gasteiger partial charge in [0.2, 0.25) is 11.8 Å². The van der Waals surface area contributed by atoms with Crippen LogP contribution in [0.2, 0.25) is 0 Å². The van der Waals surface area contributed by atoms with Gasteiger partial charge in [0.05, 0.1) is 9.75 Å². The number of nitrogens with zero attached hydrogens (tertiary/aromatic N) is 4. The van der Waals surface area contributed by atoms with Crippen molar-refractivity contribution < 1.29 is 14.0 Å². The third-order valence-corrected chi connectivity index (χ3v) is 6.70. The molecule has 1 aliphatic heterocycles. The highest BCUT2D eigenvalue weighted by atomic mass is 32.1. The van der Waals surface area contributed by atoms with E-state index in [-0.39, 0.29) is 17.7 Å². The van der Waals surface area contributed by atoms with Crippen LogP contribution in [0.25, 0.3) is 10.8 Å². The molecule has 7 nitrogen and oxygen atoms in total. The Balaban J connectivity index is 1.31. The van der Waals surface area contributed by atoms with Gasteiger partial charge in [0.25, 0.3) is 5.89 Å². The van der Waals surface area contributed by atoms with Crippen molar-refractivity contribution in [1.29, 1.82) is 0 Å². The fraction of sp³-hybridized carbons (Fsp3) is 0.391. The Hall–Kier alpha value is -3.00. The van der Waals surface area contributed by atoms with Gasteiger partial charge >= 0.3 is 0 Å². The smallest absolute Gasteiger partial charge is 0.257 e. The fourth-order valence-electron chi connectivity index (χ4n) is 3.77. The summed E-state index contributed by atoms with van der Waals surface area (Å²) in [5, 5.41) is 8.13. The second-order valence-electron chi connectivity index (χ2n) is 7.94. The summed E-state index contributed by atoms with van der Waals surface area (Å²) in [7, 11) is 0. The topological polar surface area (TPSA) is 79.5 Å². The number of carbonyl (C=O) groups excluding carboxylic acids is 2. The van der Waals surface area contributed by atoms with E-state index < -0.39 is 0 Å². The number of carbonyl (C=O) groups is 2. The number of aryl methyl sites for hydroxylation is 2. The van der Waals surface area contributed by atoms with Crippen molar-refractivity contribution in [3.8, 4) is 10.8 Å². The van der Waals surface area contributed by atoms with Crippen molar-refractivity contribution in [2.45, 2.75) is 39.7 Å². The van der Waals surface area contributed by atoms with E-state index in [0.29, 0.717) is 36.0 Å². The Kier molecular flexibility index (Phi) is 6.18. The summed E-state index contributed by atoms with van der Waals surface area (Å²) in [6.07, 6.45) is 0.737. The Labute approximate surface area is 185 Å². The van der Waals surface area contributed by atoms with Gasteiger partial charge in [-0.15, -0.1) is 21.5 Å². The van der Waals surface area contributed by atoms with Crippen LogP contribution in [-0.4, -0.2) is 52.5 Å². The zero-order chi connectivity index (χ0) is 22.0. The molecule has 1 aromatic carbocycles. The standard InChI is InChI=1S/C23H26N4O3S/c1-15-4-6-18(7-5-15)26-12-13-27(16(2)14-26)22(29)11-10-21-24-25-23(30-21)20-9-8-19(31-20)17(3)28/h4-9,16H,10-14H2,1-3H3/t16-/m0/s1. The van der Waals surface area contributed by atoms with E-state index >= 15 is 0 Å². The number of ketones is 1. The van der Waals surface area contributed by atoms with Gasteiger partial charge in [-0.1, -0.05) is 17.7 Å². The van der Waals surface area contributed by atoms with E-state index in [4.69, 9.17) is 4.42 Å². The maximum absolute atomic E-state index is 12.8. The zero-order valence-corrected chi connectivity index (χ0v) is 18.8. The van der Waals surface area contributed by atoms with Crippen molar-refractivity contribution >= 4 is 28.7 Å². The van der Waals surface area contributed by atoms with Gasteiger partial charge in [-0.25, -0.2) is 0 Å². The lowest BCUT2D eigenvalue weighted by Gasteiger charge is -2.41. The van der Waals surface area contributed by atoms with Crippen LogP contribution in [0, 0.1) is 6.92 Å². The van der Waals surface area contributed by atoms with Gasteiger partial charge in [-0.3, -0.25) is 9.59 Å². The van der Waals surface area contributed by atoms with Crippen LogP contribution in [0.5, 0.6) is 0 Å². The molecule has 0 N–H and O–H groups in total. The van der Waals surface area contributed by atoms with Crippen LogP contribution in [0.1, 0.15) is 41.4 Å². The fourth-order valence-corrected chi connectivity index (χ4v) is 4.59. The molecule has 3 heterocycles. The molecule has 8 heteroatoms.